The number of aliphatic hydroxyl groups excluding tert-OH is 1. The van der Waals surface area contributed by atoms with Crippen LogP contribution in [0.1, 0.15) is 112 Å². The molecule has 1 unspecified atom stereocenters. The lowest BCUT2D eigenvalue weighted by atomic mass is 9.96. The lowest BCUT2D eigenvalue weighted by molar-refractivity contribution is -0.172. The van der Waals surface area contributed by atoms with Gasteiger partial charge < -0.3 is 49.6 Å². The number of rotatable bonds is 20. The molecule has 76 heavy (non-hydrogen) atoms. The third-order valence-electron chi connectivity index (χ3n) is 10.5. The van der Waals surface area contributed by atoms with Crippen LogP contribution in [0.5, 0.6) is 5.75 Å². The van der Waals surface area contributed by atoms with E-state index in [1.807, 2.05) is 29.6 Å². The number of guanidine groups is 1. The van der Waals surface area contributed by atoms with Crippen LogP contribution in [0.3, 0.4) is 0 Å². The molecule has 0 saturated carbocycles. The van der Waals surface area contributed by atoms with Crippen molar-refractivity contribution in [3.05, 3.63) is 75.8 Å². The summed E-state index contributed by atoms with van der Waals surface area (Å²) in [6, 6.07) is 16.7. The van der Waals surface area contributed by atoms with Gasteiger partial charge in [0.2, 0.25) is 18.3 Å². The molecule has 1 saturated heterocycles. The van der Waals surface area contributed by atoms with Gasteiger partial charge >= 0.3 is 18.2 Å². The quantitative estimate of drug-likeness (QED) is 0.0105. The molecule has 0 aliphatic carbocycles. The number of alkyl carbamates (subject to hydrolysis) is 2. The average Bonchev–Trinajstić information content (AvgIpc) is 4.05. The summed E-state index contributed by atoms with van der Waals surface area (Å²) in [5.74, 6) is -0.227. The third-order valence-corrected chi connectivity index (χ3v) is 12.7. The molecular weight excluding hydrogens is 1040 g/mol. The number of hydrogen-bond acceptors (Lipinski definition) is 18. The van der Waals surface area contributed by atoms with Crippen LogP contribution >= 0.6 is 34.7 Å². The van der Waals surface area contributed by atoms with E-state index in [4.69, 9.17) is 45.3 Å². The number of anilines is 1. The minimum absolute atomic E-state index is 0.00570. The summed E-state index contributed by atoms with van der Waals surface area (Å²) >= 11 is 8.99. The van der Waals surface area contributed by atoms with Gasteiger partial charge in [0.15, 0.2) is 0 Å². The first kappa shape index (κ1) is 60.2. The molecule has 1 fully saturated rings. The number of aliphatic hydroxyl groups is 1. The van der Waals surface area contributed by atoms with Crippen LogP contribution in [0.4, 0.5) is 15.4 Å². The van der Waals surface area contributed by atoms with E-state index < -0.39 is 59.4 Å². The average molecular weight is 1100 g/mol. The van der Waals surface area contributed by atoms with Crippen molar-refractivity contribution in [2.24, 2.45) is 4.99 Å². The molecule has 3 heterocycles. The van der Waals surface area contributed by atoms with E-state index in [1.165, 1.54) is 30.0 Å². The van der Waals surface area contributed by atoms with Crippen molar-refractivity contribution < 1.29 is 48.0 Å². The van der Waals surface area contributed by atoms with Crippen LogP contribution in [0.2, 0.25) is 5.02 Å². The van der Waals surface area contributed by atoms with Crippen molar-refractivity contribution in [3.8, 4) is 39.6 Å². The summed E-state index contributed by atoms with van der Waals surface area (Å²) in [5, 5.41) is 45.7. The number of carbonyl (C=O) groups is 4. The van der Waals surface area contributed by atoms with Gasteiger partial charge in [-0.05, 0) is 125 Å². The Balaban J connectivity index is 1.20. The lowest BCUT2D eigenvalue weighted by Crippen LogP contribution is -2.52. The number of halogens is 1. The first-order valence-electron chi connectivity index (χ1n) is 24.6. The number of amides is 3. The first-order chi connectivity index (χ1) is 35.8. The van der Waals surface area contributed by atoms with E-state index >= 15 is 0 Å². The first-order valence-corrected chi connectivity index (χ1v) is 26.9. The van der Waals surface area contributed by atoms with Crippen molar-refractivity contribution in [2.75, 3.05) is 37.7 Å². The van der Waals surface area contributed by atoms with Crippen molar-refractivity contribution in [1.82, 2.24) is 31.2 Å². The zero-order valence-electron chi connectivity index (χ0n) is 44.5. The molecule has 408 valence electrons. The predicted octanol–water partition coefficient (Wildman–Crippen LogP) is 8.82. The number of aliphatic imine (C=N–C) groups is 1. The zero-order valence-corrected chi connectivity index (χ0v) is 46.9. The number of thioether (sulfide) groups is 1. The smallest absolute Gasteiger partial charge is 0.414 e. The van der Waals surface area contributed by atoms with E-state index in [-0.39, 0.29) is 44.1 Å². The lowest BCUT2D eigenvalue weighted by Gasteiger charge is -2.26. The number of thiazole rings is 1. The van der Waals surface area contributed by atoms with E-state index in [0.717, 1.165) is 42.2 Å². The predicted molar refractivity (Wildman–Crippen MR) is 291 cm³/mol. The van der Waals surface area contributed by atoms with E-state index in [1.54, 1.807) is 86.6 Å². The highest BCUT2D eigenvalue weighted by Crippen LogP contribution is 2.40. The van der Waals surface area contributed by atoms with Crippen LogP contribution < -0.4 is 30.9 Å². The van der Waals surface area contributed by atoms with Crippen LogP contribution in [-0.2, 0) is 34.3 Å². The molecule has 20 nitrogen and oxygen atoms in total. The molecule has 5 N–H and O–H groups in total. The van der Waals surface area contributed by atoms with Gasteiger partial charge in [-0.15, -0.1) is 11.3 Å². The van der Waals surface area contributed by atoms with Crippen LogP contribution in [0.15, 0.2) is 63.9 Å². The molecule has 1 aliphatic rings. The molecule has 3 amide bonds. The summed E-state index contributed by atoms with van der Waals surface area (Å²) in [6.07, 6.45) is -1.16. The molecule has 2 aromatic heterocycles. The third kappa shape index (κ3) is 19.5. The van der Waals surface area contributed by atoms with Gasteiger partial charge in [0, 0.05) is 46.9 Å². The molecule has 4 aromatic rings. The Morgan fingerprint density at radius 2 is 1.47 bits per heavy atom. The number of hydrogen-bond donors (Lipinski definition) is 5. The van der Waals surface area contributed by atoms with Crippen molar-refractivity contribution >= 4 is 70.5 Å². The van der Waals surface area contributed by atoms with Crippen molar-refractivity contribution in [3.63, 3.8) is 0 Å². The van der Waals surface area contributed by atoms with E-state index in [2.05, 4.69) is 43.3 Å². The number of benzene rings is 2. The summed E-state index contributed by atoms with van der Waals surface area (Å²) in [5.41, 5.74) is 0.983. The summed E-state index contributed by atoms with van der Waals surface area (Å²) in [4.78, 5) is 68.2. The topological polar surface area (TPSA) is 272 Å². The summed E-state index contributed by atoms with van der Waals surface area (Å²) < 4.78 is 27.5. The minimum Gasteiger partial charge on any atom is -0.490 e. The highest BCUT2D eigenvalue weighted by Gasteiger charge is 2.29. The van der Waals surface area contributed by atoms with Gasteiger partial charge in [-0.25, -0.2) is 24.4 Å². The van der Waals surface area contributed by atoms with Gasteiger partial charge in [0.25, 0.3) is 0 Å². The number of esters is 1. The number of aromatic nitrogens is 2. The Morgan fingerprint density at radius 3 is 2.09 bits per heavy atom. The highest BCUT2D eigenvalue weighted by molar-refractivity contribution is 7.98. The Bertz CT molecular complexity index is 2750. The number of carbonyl (C=O) groups excluding carboxylic acids is 4. The summed E-state index contributed by atoms with van der Waals surface area (Å²) in [7, 11) is 0. The van der Waals surface area contributed by atoms with Crippen molar-refractivity contribution in [2.45, 2.75) is 141 Å². The number of ether oxygens (including phenoxy) is 5. The van der Waals surface area contributed by atoms with Crippen LogP contribution in [-0.4, -0.2) is 113 Å². The number of nitrogens with zero attached hydrogens (tertiary/aromatic N) is 6. The monoisotopic (exact) mass is 1100 g/mol. The number of nitrogens with one attached hydrogen (secondary N) is 4. The standard InChI is InChI=1S/C53H67ClN10O10S2/c1-32(58-43(65)40(60-48(67)72-51(2,3)4)14-13-23-57-47(62-49(68)73-52(5,6)7)63-50(69)74-53(8,9)10)46(66)71-27-26-70-37-21-17-33(18-22-37)41-38(28-55)42(64-24-11-12-25-64)61-45(39(41)29-56)76-31-36-30-75-44(59-36)34-15-19-35(54)20-16-34/h15-22,30,32,40,49,68H,11-14,23-27,31H2,1-10H3,(H,58,65)(H,60,67)(H2,57,62,63,69)/t32-,40-,49?/m0/s1. The second-order valence-electron chi connectivity index (χ2n) is 20.4. The fourth-order valence-corrected chi connectivity index (χ4v) is 9.21. The maximum absolute atomic E-state index is 13.6. The second kappa shape index (κ2) is 27.4. The van der Waals surface area contributed by atoms with E-state index in [0.29, 0.717) is 44.1 Å². The maximum Gasteiger partial charge on any atom is 0.414 e. The molecular formula is C53H67ClN10O10S2. The Morgan fingerprint density at radius 1 is 0.842 bits per heavy atom. The van der Waals surface area contributed by atoms with Gasteiger partial charge in [0.05, 0.1) is 16.9 Å². The molecule has 23 heteroatoms. The van der Waals surface area contributed by atoms with Crippen molar-refractivity contribution in [1.29, 1.82) is 10.5 Å². The Labute approximate surface area is 457 Å². The Kier molecular flexibility index (Phi) is 21.7. The maximum atomic E-state index is 13.6. The van der Waals surface area contributed by atoms with Gasteiger partial charge in [-0.2, -0.15) is 10.5 Å². The molecule has 0 radical (unpaired) electrons. The fourth-order valence-electron chi connectivity index (χ4n) is 7.28. The Hall–Kier alpha value is -6.69. The normalized spacial score (nSPS) is 14.1. The van der Waals surface area contributed by atoms with E-state index in [9.17, 15) is 34.8 Å². The number of pyridine rings is 1. The van der Waals surface area contributed by atoms with Crippen LogP contribution in [0, 0.1) is 22.7 Å². The summed E-state index contributed by atoms with van der Waals surface area (Å²) in [6.45, 7) is 17.9. The van der Waals surface area contributed by atoms with Gasteiger partial charge in [-0.1, -0.05) is 47.6 Å². The molecule has 2 aromatic carbocycles. The van der Waals surface area contributed by atoms with Gasteiger partial charge in [-0.3, -0.25) is 15.1 Å². The molecule has 5 rings (SSSR count). The van der Waals surface area contributed by atoms with Gasteiger partial charge in [0.1, 0.15) is 75.8 Å². The zero-order chi connectivity index (χ0) is 55.8. The highest BCUT2D eigenvalue weighted by atomic mass is 35.5. The SMILES string of the molecule is C[C@H](NC(=O)[C@H](CCCN=C(NC(=O)OC(C)(C)C)NC(O)OC(C)(C)C)NC(=O)OC(C)(C)C)C(=O)OCCOc1ccc(-c2c(C#N)c(SCc3csc(-c4ccc(Cl)cc4)n3)nc(N3CCCC3)c2C#N)cc1. The second-order valence-corrected chi connectivity index (χ2v) is 22.7. The molecule has 3 atom stereocenters. The molecule has 0 spiro atoms. The molecule has 1 aliphatic heterocycles. The molecule has 0 bridgehead atoms. The number of nitriles is 2. The van der Waals surface area contributed by atoms with Crippen LogP contribution in [0.25, 0.3) is 21.7 Å². The largest absolute Gasteiger partial charge is 0.490 e. The fraction of sp³-hybridized carbons (Fsp3) is 0.491. The minimum atomic E-state index is -1.55.